The fraction of sp³-hybridized carbons (Fsp3) is 0.750. The van der Waals surface area contributed by atoms with Crippen molar-refractivity contribution in [2.45, 2.75) is 40.2 Å². The third kappa shape index (κ3) is 4.14. The van der Waals surface area contributed by atoms with E-state index in [2.05, 4.69) is 45.9 Å². The number of hydrogen-bond acceptors (Lipinski definition) is 5. The third-order valence-electron chi connectivity index (χ3n) is 4.33. The summed E-state index contributed by atoms with van der Waals surface area (Å²) < 4.78 is 0. The standard InChI is InChI=1S/C16H29N5/c1-4-20(5-2)10-7-11-21(6-3)16-14-12-17-9-8-15(14)18-13-19-16/h13,17H,4-12H2,1-3H3. The van der Waals surface area contributed by atoms with Gasteiger partial charge in [-0.3, -0.25) is 0 Å². The summed E-state index contributed by atoms with van der Waals surface area (Å²) in [4.78, 5) is 13.9. The van der Waals surface area contributed by atoms with E-state index in [1.807, 2.05) is 0 Å². The molecule has 21 heavy (non-hydrogen) atoms. The summed E-state index contributed by atoms with van der Waals surface area (Å²) in [7, 11) is 0. The lowest BCUT2D eigenvalue weighted by atomic mass is 10.1. The lowest BCUT2D eigenvalue weighted by molar-refractivity contribution is 0.300. The zero-order valence-electron chi connectivity index (χ0n) is 13.7. The lowest BCUT2D eigenvalue weighted by Crippen LogP contribution is -2.33. The van der Waals surface area contributed by atoms with E-state index in [4.69, 9.17) is 0 Å². The summed E-state index contributed by atoms with van der Waals surface area (Å²) in [5, 5.41) is 3.44. The molecule has 1 aliphatic heterocycles. The molecule has 0 atom stereocenters. The van der Waals surface area contributed by atoms with E-state index in [0.717, 1.165) is 58.1 Å². The largest absolute Gasteiger partial charge is 0.356 e. The van der Waals surface area contributed by atoms with E-state index < -0.39 is 0 Å². The van der Waals surface area contributed by atoms with Gasteiger partial charge in [-0.25, -0.2) is 9.97 Å². The van der Waals surface area contributed by atoms with Crippen LogP contribution in [0.4, 0.5) is 5.82 Å². The van der Waals surface area contributed by atoms with E-state index in [-0.39, 0.29) is 0 Å². The molecule has 0 bridgehead atoms. The molecule has 118 valence electrons. The fourth-order valence-electron chi connectivity index (χ4n) is 2.97. The van der Waals surface area contributed by atoms with Crippen molar-refractivity contribution >= 4 is 5.82 Å². The third-order valence-corrected chi connectivity index (χ3v) is 4.33. The Morgan fingerprint density at radius 2 is 1.90 bits per heavy atom. The second-order valence-electron chi connectivity index (χ2n) is 5.51. The Hall–Kier alpha value is -1.20. The summed E-state index contributed by atoms with van der Waals surface area (Å²) in [6, 6.07) is 0. The monoisotopic (exact) mass is 291 g/mol. The smallest absolute Gasteiger partial charge is 0.136 e. The van der Waals surface area contributed by atoms with Crippen molar-refractivity contribution < 1.29 is 0 Å². The second kappa shape index (κ2) is 8.29. The number of aromatic nitrogens is 2. The predicted octanol–water partition coefficient (Wildman–Crippen LogP) is 1.68. The number of nitrogens with zero attached hydrogens (tertiary/aromatic N) is 4. The van der Waals surface area contributed by atoms with Gasteiger partial charge in [0.1, 0.15) is 12.1 Å². The highest BCUT2D eigenvalue weighted by Gasteiger charge is 2.18. The van der Waals surface area contributed by atoms with Crippen molar-refractivity contribution in [3.8, 4) is 0 Å². The van der Waals surface area contributed by atoms with Gasteiger partial charge < -0.3 is 15.1 Å². The van der Waals surface area contributed by atoms with Crippen LogP contribution >= 0.6 is 0 Å². The molecule has 0 amide bonds. The Morgan fingerprint density at radius 1 is 1.10 bits per heavy atom. The van der Waals surface area contributed by atoms with Crippen molar-refractivity contribution in [1.29, 1.82) is 0 Å². The molecule has 2 rings (SSSR count). The first kappa shape index (κ1) is 16.2. The average molecular weight is 291 g/mol. The highest BCUT2D eigenvalue weighted by molar-refractivity contribution is 5.49. The Morgan fingerprint density at radius 3 is 2.62 bits per heavy atom. The highest BCUT2D eigenvalue weighted by Crippen LogP contribution is 2.22. The first-order valence-corrected chi connectivity index (χ1v) is 8.30. The Bertz CT molecular complexity index is 431. The molecule has 5 heteroatoms. The molecule has 5 nitrogen and oxygen atoms in total. The van der Waals surface area contributed by atoms with Crippen LogP contribution in [0.25, 0.3) is 0 Å². The number of nitrogens with one attached hydrogen (secondary N) is 1. The SMILES string of the molecule is CCN(CC)CCCN(CC)c1ncnc2c1CNCC2. The first-order valence-electron chi connectivity index (χ1n) is 8.30. The minimum atomic E-state index is 0.901. The average Bonchev–Trinajstić information content (AvgIpc) is 2.55. The summed E-state index contributed by atoms with van der Waals surface area (Å²) >= 11 is 0. The summed E-state index contributed by atoms with van der Waals surface area (Å²) in [6.45, 7) is 14.1. The Balaban J connectivity index is 2.01. The van der Waals surface area contributed by atoms with Crippen molar-refractivity contribution in [2.24, 2.45) is 0 Å². The van der Waals surface area contributed by atoms with Gasteiger partial charge in [-0.2, -0.15) is 0 Å². The molecule has 0 fully saturated rings. The van der Waals surface area contributed by atoms with Crippen LogP contribution in [0.2, 0.25) is 0 Å². The molecule has 1 N–H and O–H groups in total. The van der Waals surface area contributed by atoms with Crippen LogP contribution in [0.5, 0.6) is 0 Å². The van der Waals surface area contributed by atoms with Gasteiger partial charge >= 0.3 is 0 Å². The van der Waals surface area contributed by atoms with Crippen LogP contribution < -0.4 is 10.2 Å². The number of hydrogen-bond donors (Lipinski definition) is 1. The van der Waals surface area contributed by atoms with Gasteiger partial charge in [0.15, 0.2) is 0 Å². The molecule has 0 saturated carbocycles. The maximum Gasteiger partial charge on any atom is 0.136 e. The van der Waals surface area contributed by atoms with E-state index in [9.17, 15) is 0 Å². The summed E-state index contributed by atoms with van der Waals surface area (Å²) in [6.07, 6.45) is 3.93. The van der Waals surface area contributed by atoms with Crippen LogP contribution in [0.3, 0.4) is 0 Å². The van der Waals surface area contributed by atoms with Crippen LogP contribution in [0, 0.1) is 0 Å². The van der Waals surface area contributed by atoms with Gasteiger partial charge in [-0.05, 0) is 33.0 Å². The van der Waals surface area contributed by atoms with Crippen molar-refractivity contribution in [3.63, 3.8) is 0 Å². The summed E-state index contributed by atoms with van der Waals surface area (Å²) in [5.74, 6) is 1.13. The highest BCUT2D eigenvalue weighted by atomic mass is 15.2. The predicted molar refractivity (Wildman–Crippen MR) is 87.7 cm³/mol. The molecular formula is C16H29N5. The summed E-state index contributed by atoms with van der Waals surface area (Å²) in [5.41, 5.74) is 2.52. The zero-order valence-corrected chi connectivity index (χ0v) is 13.7. The van der Waals surface area contributed by atoms with Crippen LogP contribution in [-0.2, 0) is 13.0 Å². The lowest BCUT2D eigenvalue weighted by Gasteiger charge is -2.28. The minimum Gasteiger partial charge on any atom is -0.356 e. The van der Waals surface area contributed by atoms with Gasteiger partial charge in [-0.15, -0.1) is 0 Å². The molecule has 2 heterocycles. The van der Waals surface area contributed by atoms with Gasteiger partial charge in [0.2, 0.25) is 0 Å². The van der Waals surface area contributed by atoms with Crippen LogP contribution in [0.15, 0.2) is 6.33 Å². The van der Waals surface area contributed by atoms with Crippen molar-refractivity contribution in [3.05, 3.63) is 17.6 Å². The van der Waals surface area contributed by atoms with Crippen molar-refractivity contribution in [1.82, 2.24) is 20.2 Å². The molecule has 1 aliphatic rings. The van der Waals surface area contributed by atoms with Gasteiger partial charge in [0, 0.05) is 38.2 Å². The molecule has 1 aromatic heterocycles. The zero-order chi connectivity index (χ0) is 15.1. The van der Waals surface area contributed by atoms with E-state index in [0.29, 0.717) is 0 Å². The molecule has 0 radical (unpaired) electrons. The normalized spacial score (nSPS) is 14.3. The minimum absolute atomic E-state index is 0.901. The Labute approximate surface area is 128 Å². The molecule has 1 aromatic rings. The molecule has 0 aliphatic carbocycles. The van der Waals surface area contributed by atoms with E-state index in [1.165, 1.54) is 17.7 Å². The number of anilines is 1. The van der Waals surface area contributed by atoms with Gasteiger partial charge in [-0.1, -0.05) is 13.8 Å². The molecular weight excluding hydrogens is 262 g/mol. The Kier molecular flexibility index (Phi) is 6.39. The van der Waals surface area contributed by atoms with Gasteiger partial charge in [0.05, 0.1) is 5.69 Å². The number of fused-ring (bicyclic) bond motifs is 1. The topological polar surface area (TPSA) is 44.3 Å². The van der Waals surface area contributed by atoms with Crippen LogP contribution in [-0.4, -0.2) is 54.1 Å². The fourth-order valence-corrected chi connectivity index (χ4v) is 2.97. The first-order chi connectivity index (χ1) is 10.3. The van der Waals surface area contributed by atoms with Crippen LogP contribution in [0.1, 0.15) is 38.4 Å². The van der Waals surface area contributed by atoms with Gasteiger partial charge in [0.25, 0.3) is 0 Å². The van der Waals surface area contributed by atoms with E-state index in [1.54, 1.807) is 6.33 Å². The van der Waals surface area contributed by atoms with E-state index >= 15 is 0 Å². The maximum absolute atomic E-state index is 4.56. The quantitative estimate of drug-likeness (QED) is 0.789. The maximum atomic E-state index is 4.56. The molecule has 0 saturated heterocycles. The molecule has 0 spiro atoms. The number of rotatable bonds is 8. The second-order valence-corrected chi connectivity index (χ2v) is 5.51. The molecule has 0 unspecified atom stereocenters. The molecule has 0 aromatic carbocycles. The van der Waals surface area contributed by atoms with Crippen molar-refractivity contribution in [2.75, 3.05) is 44.2 Å².